The van der Waals surface area contributed by atoms with E-state index in [4.69, 9.17) is 9.47 Å². The van der Waals surface area contributed by atoms with Crippen LogP contribution in [0.1, 0.15) is 27.6 Å². The van der Waals surface area contributed by atoms with E-state index < -0.39 is 0 Å². The van der Waals surface area contributed by atoms with Gasteiger partial charge in [0.05, 0.1) is 13.7 Å². The molecule has 0 saturated carbocycles. The van der Waals surface area contributed by atoms with Crippen molar-refractivity contribution < 1.29 is 19.1 Å². The molecule has 1 aliphatic heterocycles. The quantitative estimate of drug-likeness (QED) is 0.814. The minimum atomic E-state index is -0.0423. The summed E-state index contributed by atoms with van der Waals surface area (Å²) >= 11 is 0. The molecule has 2 aromatic rings. The predicted octanol–water partition coefficient (Wildman–Crippen LogP) is 2.69. The number of benzene rings is 2. The molecule has 0 atom stereocenters. The predicted molar refractivity (Wildman–Crippen MR) is 102 cm³/mol. The van der Waals surface area contributed by atoms with Crippen LogP contribution in [0.3, 0.4) is 0 Å². The molecule has 1 fully saturated rings. The summed E-state index contributed by atoms with van der Waals surface area (Å²) in [6.45, 7) is 4.50. The first-order chi connectivity index (χ1) is 13.1. The number of nitrogens with zero attached hydrogens (tertiary/aromatic N) is 2. The highest BCUT2D eigenvalue weighted by molar-refractivity contribution is 5.96. The standard InChI is InChI=1S/C21H24N2O4/c1-3-27-19-9-5-7-17(15-19)21(25)23-12-10-22(11-13-23)20(24)16-6-4-8-18(14-16)26-2/h4-9,14-15H,3,10-13H2,1-2H3. The summed E-state index contributed by atoms with van der Waals surface area (Å²) in [5.74, 6) is 1.27. The fraction of sp³-hybridized carbons (Fsp3) is 0.333. The highest BCUT2D eigenvalue weighted by Gasteiger charge is 2.25. The number of amides is 2. The highest BCUT2D eigenvalue weighted by atomic mass is 16.5. The summed E-state index contributed by atoms with van der Waals surface area (Å²) in [5.41, 5.74) is 1.20. The fourth-order valence-electron chi connectivity index (χ4n) is 3.12. The van der Waals surface area contributed by atoms with Crippen LogP contribution in [-0.2, 0) is 0 Å². The topological polar surface area (TPSA) is 59.1 Å². The van der Waals surface area contributed by atoms with Gasteiger partial charge in [-0.2, -0.15) is 0 Å². The molecule has 0 aromatic heterocycles. The number of hydrogen-bond acceptors (Lipinski definition) is 4. The van der Waals surface area contributed by atoms with Gasteiger partial charge in [-0.15, -0.1) is 0 Å². The summed E-state index contributed by atoms with van der Waals surface area (Å²) < 4.78 is 10.6. The third kappa shape index (κ3) is 4.39. The molecule has 6 heteroatoms. The van der Waals surface area contributed by atoms with Crippen molar-refractivity contribution in [2.24, 2.45) is 0 Å². The van der Waals surface area contributed by atoms with E-state index in [-0.39, 0.29) is 11.8 Å². The van der Waals surface area contributed by atoms with E-state index in [2.05, 4.69) is 0 Å². The number of methoxy groups -OCH3 is 1. The Balaban J connectivity index is 1.62. The number of carbonyl (C=O) groups excluding carboxylic acids is 2. The summed E-state index contributed by atoms with van der Waals surface area (Å²) in [7, 11) is 1.58. The van der Waals surface area contributed by atoms with Gasteiger partial charge < -0.3 is 19.3 Å². The normalized spacial score (nSPS) is 14.0. The molecule has 0 unspecified atom stereocenters. The maximum absolute atomic E-state index is 12.7. The zero-order valence-corrected chi connectivity index (χ0v) is 15.7. The molecule has 0 bridgehead atoms. The molecule has 27 heavy (non-hydrogen) atoms. The van der Waals surface area contributed by atoms with Crippen LogP contribution in [0, 0.1) is 0 Å². The Hall–Kier alpha value is -3.02. The Kier molecular flexibility index (Phi) is 5.96. The van der Waals surface area contributed by atoms with Crippen LogP contribution in [0.4, 0.5) is 0 Å². The van der Waals surface area contributed by atoms with Gasteiger partial charge in [0.15, 0.2) is 0 Å². The van der Waals surface area contributed by atoms with Crippen LogP contribution < -0.4 is 9.47 Å². The van der Waals surface area contributed by atoms with Gasteiger partial charge in [0, 0.05) is 37.3 Å². The molecule has 142 valence electrons. The second-order valence-electron chi connectivity index (χ2n) is 6.28. The van der Waals surface area contributed by atoms with Gasteiger partial charge in [0.25, 0.3) is 11.8 Å². The first-order valence-electron chi connectivity index (χ1n) is 9.08. The highest BCUT2D eigenvalue weighted by Crippen LogP contribution is 2.18. The lowest BCUT2D eigenvalue weighted by Crippen LogP contribution is -2.50. The van der Waals surface area contributed by atoms with E-state index in [1.54, 1.807) is 47.2 Å². The summed E-state index contributed by atoms with van der Waals surface area (Å²) in [5, 5.41) is 0. The molecule has 0 N–H and O–H groups in total. The Morgan fingerprint density at radius 2 is 1.33 bits per heavy atom. The molecule has 0 radical (unpaired) electrons. The molecule has 0 aliphatic carbocycles. The summed E-state index contributed by atoms with van der Waals surface area (Å²) in [4.78, 5) is 29.0. The van der Waals surface area contributed by atoms with Crippen molar-refractivity contribution in [3.63, 3.8) is 0 Å². The Morgan fingerprint density at radius 3 is 1.81 bits per heavy atom. The van der Waals surface area contributed by atoms with Crippen LogP contribution in [-0.4, -0.2) is 61.5 Å². The van der Waals surface area contributed by atoms with Gasteiger partial charge in [-0.05, 0) is 43.3 Å². The summed E-state index contributed by atoms with van der Waals surface area (Å²) in [6, 6.07) is 14.3. The largest absolute Gasteiger partial charge is 0.497 e. The average molecular weight is 368 g/mol. The SMILES string of the molecule is CCOc1cccc(C(=O)N2CCN(C(=O)c3cccc(OC)c3)CC2)c1. The van der Waals surface area contributed by atoms with E-state index in [1.807, 2.05) is 25.1 Å². The maximum Gasteiger partial charge on any atom is 0.254 e. The molecule has 0 spiro atoms. The van der Waals surface area contributed by atoms with Crippen molar-refractivity contribution in [3.05, 3.63) is 59.7 Å². The third-order valence-electron chi connectivity index (χ3n) is 4.56. The van der Waals surface area contributed by atoms with Crippen molar-refractivity contribution in [3.8, 4) is 11.5 Å². The molecule has 6 nitrogen and oxygen atoms in total. The molecular formula is C21H24N2O4. The molecule has 2 amide bonds. The lowest BCUT2D eigenvalue weighted by Gasteiger charge is -2.35. The van der Waals surface area contributed by atoms with E-state index in [9.17, 15) is 9.59 Å². The van der Waals surface area contributed by atoms with Crippen LogP contribution in [0.15, 0.2) is 48.5 Å². The van der Waals surface area contributed by atoms with Crippen molar-refractivity contribution in [1.29, 1.82) is 0 Å². The smallest absolute Gasteiger partial charge is 0.254 e. The first-order valence-corrected chi connectivity index (χ1v) is 9.08. The van der Waals surface area contributed by atoms with Crippen molar-refractivity contribution in [1.82, 2.24) is 9.80 Å². The molecular weight excluding hydrogens is 344 g/mol. The summed E-state index contributed by atoms with van der Waals surface area (Å²) in [6.07, 6.45) is 0. The molecule has 3 rings (SSSR count). The number of piperazine rings is 1. The monoisotopic (exact) mass is 368 g/mol. The Morgan fingerprint density at radius 1 is 0.852 bits per heavy atom. The van der Waals surface area contributed by atoms with Gasteiger partial charge in [0.2, 0.25) is 0 Å². The Labute approximate surface area is 159 Å². The van der Waals surface area contributed by atoms with Gasteiger partial charge in [0.1, 0.15) is 11.5 Å². The van der Waals surface area contributed by atoms with E-state index in [0.717, 1.165) is 0 Å². The minimum absolute atomic E-state index is 0.0370. The van der Waals surface area contributed by atoms with Crippen LogP contribution in [0.25, 0.3) is 0 Å². The third-order valence-corrected chi connectivity index (χ3v) is 4.56. The van der Waals surface area contributed by atoms with Gasteiger partial charge in [-0.25, -0.2) is 0 Å². The van der Waals surface area contributed by atoms with E-state index >= 15 is 0 Å². The Bertz CT molecular complexity index is 813. The van der Waals surface area contributed by atoms with Gasteiger partial charge in [-0.3, -0.25) is 9.59 Å². The lowest BCUT2D eigenvalue weighted by molar-refractivity contribution is 0.0535. The number of rotatable bonds is 5. The van der Waals surface area contributed by atoms with E-state index in [0.29, 0.717) is 55.4 Å². The molecule has 1 saturated heterocycles. The van der Waals surface area contributed by atoms with Crippen LogP contribution in [0.2, 0.25) is 0 Å². The molecule has 1 aliphatic rings. The minimum Gasteiger partial charge on any atom is -0.497 e. The first kappa shape index (κ1) is 18.8. The van der Waals surface area contributed by atoms with Crippen molar-refractivity contribution in [2.45, 2.75) is 6.92 Å². The van der Waals surface area contributed by atoms with Crippen molar-refractivity contribution >= 4 is 11.8 Å². The molecule has 1 heterocycles. The second kappa shape index (κ2) is 8.58. The zero-order chi connectivity index (χ0) is 19.2. The van der Waals surface area contributed by atoms with Crippen LogP contribution >= 0.6 is 0 Å². The van der Waals surface area contributed by atoms with E-state index in [1.165, 1.54) is 0 Å². The zero-order valence-electron chi connectivity index (χ0n) is 15.7. The average Bonchev–Trinajstić information content (AvgIpc) is 2.73. The van der Waals surface area contributed by atoms with Gasteiger partial charge in [-0.1, -0.05) is 12.1 Å². The fourth-order valence-corrected chi connectivity index (χ4v) is 3.12. The number of ether oxygens (including phenoxy) is 2. The second-order valence-corrected chi connectivity index (χ2v) is 6.28. The van der Waals surface area contributed by atoms with Crippen LogP contribution in [0.5, 0.6) is 11.5 Å². The molecule has 2 aromatic carbocycles. The number of carbonyl (C=O) groups is 2. The lowest BCUT2D eigenvalue weighted by atomic mass is 10.1. The van der Waals surface area contributed by atoms with Crippen molar-refractivity contribution in [2.75, 3.05) is 39.9 Å². The van der Waals surface area contributed by atoms with Gasteiger partial charge >= 0.3 is 0 Å². The maximum atomic E-state index is 12.7. The number of hydrogen-bond donors (Lipinski definition) is 0.